The first kappa shape index (κ1) is 18.7. The van der Waals surface area contributed by atoms with E-state index in [-0.39, 0.29) is 11.7 Å². The molecule has 1 unspecified atom stereocenters. The highest BCUT2D eigenvalue weighted by molar-refractivity contribution is 7.98. The molecule has 0 amide bonds. The number of benzene rings is 1. The van der Waals surface area contributed by atoms with E-state index in [1.54, 1.807) is 20.2 Å². The fraction of sp³-hybridized carbons (Fsp3) is 0.211. The van der Waals surface area contributed by atoms with E-state index < -0.39 is 21.1 Å². The fourth-order valence-electron chi connectivity index (χ4n) is 3.23. The molecule has 3 heterocycles. The molecule has 3 aromatic rings. The fourth-order valence-corrected chi connectivity index (χ4v) is 6.10. The zero-order valence-corrected chi connectivity index (χ0v) is 17.0. The zero-order chi connectivity index (χ0) is 20.1. The number of hydrogen-bond donors (Lipinski definition) is 1. The Morgan fingerprint density at radius 1 is 1.39 bits per heavy atom. The molecule has 0 aliphatic carbocycles. The van der Waals surface area contributed by atoms with Crippen LogP contribution in [0.25, 0.3) is 21.9 Å². The van der Waals surface area contributed by atoms with E-state index in [0.29, 0.717) is 10.8 Å². The van der Waals surface area contributed by atoms with Gasteiger partial charge in [0.15, 0.2) is 0 Å². The van der Waals surface area contributed by atoms with Gasteiger partial charge in [0.2, 0.25) is 11.9 Å². The summed E-state index contributed by atoms with van der Waals surface area (Å²) in [6, 6.07) is 8.99. The Bertz CT molecular complexity index is 1170. The molecule has 0 saturated heterocycles. The van der Waals surface area contributed by atoms with Crippen molar-refractivity contribution in [2.45, 2.75) is 12.5 Å². The second-order valence-electron chi connectivity index (χ2n) is 6.86. The average molecular weight is 419 g/mol. The molecule has 2 N–H and O–H groups in total. The molecule has 2 atom stereocenters. The molecule has 4 rings (SSSR count). The molecule has 1 aliphatic rings. The summed E-state index contributed by atoms with van der Waals surface area (Å²) < 4.78 is 34.4. The van der Waals surface area contributed by atoms with Crippen LogP contribution < -0.4 is 5.73 Å². The Labute approximate surface area is 166 Å². The second kappa shape index (κ2) is 6.46. The van der Waals surface area contributed by atoms with E-state index in [2.05, 4.69) is 15.8 Å². The van der Waals surface area contributed by atoms with Crippen molar-refractivity contribution in [3.8, 4) is 21.9 Å². The highest BCUT2D eigenvalue weighted by atomic mass is 32.2. The number of aliphatic imine (C=N–C) groups is 1. The Kier molecular flexibility index (Phi) is 4.31. The molecule has 0 bridgehead atoms. The highest BCUT2D eigenvalue weighted by Gasteiger charge is 2.40. The van der Waals surface area contributed by atoms with Crippen LogP contribution in [0.1, 0.15) is 11.8 Å². The van der Waals surface area contributed by atoms with E-state index >= 15 is 0 Å². The number of halogens is 1. The van der Waals surface area contributed by atoms with Crippen LogP contribution in [0.4, 0.5) is 4.39 Å². The SMILES string of the molecule is C=S1(=O)C[C@@](C)(c2sc(-c3cccc(-c4ncco4)c3)cc2F)N=C(N)N1C. The predicted octanol–water partition coefficient (Wildman–Crippen LogP) is 3.32. The van der Waals surface area contributed by atoms with Gasteiger partial charge < -0.3 is 10.2 Å². The number of thiophene rings is 1. The van der Waals surface area contributed by atoms with Crippen molar-refractivity contribution in [1.29, 1.82) is 0 Å². The maximum absolute atomic E-state index is 14.9. The van der Waals surface area contributed by atoms with Crippen LogP contribution >= 0.6 is 11.3 Å². The van der Waals surface area contributed by atoms with Crippen molar-refractivity contribution in [3.63, 3.8) is 0 Å². The molecular weight excluding hydrogens is 399 g/mol. The maximum atomic E-state index is 14.9. The second-order valence-corrected chi connectivity index (χ2v) is 10.3. The lowest BCUT2D eigenvalue weighted by Gasteiger charge is -2.36. The number of oxazole rings is 1. The molecule has 0 spiro atoms. The maximum Gasteiger partial charge on any atom is 0.225 e. The van der Waals surface area contributed by atoms with E-state index in [0.717, 1.165) is 16.0 Å². The molecule has 146 valence electrons. The number of nitrogens with two attached hydrogens (primary N) is 1. The Balaban J connectivity index is 1.77. The molecular formula is C19H19FN4O2S2. The van der Waals surface area contributed by atoms with Gasteiger partial charge in [-0.15, -0.1) is 11.3 Å². The number of guanidine groups is 1. The minimum Gasteiger partial charge on any atom is -0.445 e. The zero-order valence-electron chi connectivity index (χ0n) is 15.4. The normalized spacial score (nSPS) is 25.0. The predicted molar refractivity (Wildman–Crippen MR) is 112 cm³/mol. The first-order valence-corrected chi connectivity index (χ1v) is 11.1. The summed E-state index contributed by atoms with van der Waals surface area (Å²) in [5.74, 6) is 4.05. The average Bonchev–Trinajstić information content (AvgIpc) is 3.29. The summed E-state index contributed by atoms with van der Waals surface area (Å²) in [5.41, 5.74) is 6.52. The molecule has 0 fully saturated rings. The molecule has 0 saturated carbocycles. The van der Waals surface area contributed by atoms with Gasteiger partial charge in [-0.3, -0.25) is 4.31 Å². The van der Waals surface area contributed by atoms with Crippen LogP contribution in [-0.2, 0) is 15.2 Å². The van der Waals surface area contributed by atoms with Crippen molar-refractivity contribution in [1.82, 2.24) is 9.29 Å². The quantitative estimate of drug-likeness (QED) is 0.662. The molecule has 1 aromatic carbocycles. The Morgan fingerprint density at radius 2 is 2.14 bits per heavy atom. The molecule has 2 aromatic heterocycles. The molecule has 0 radical (unpaired) electrons. The summed E-state index contributed by atoms with van der Waals surface area (Å²) in [6.45, 7) is 1.74. The number of nitrogens with zero attached hydrogens (tertiary/aromatic N) is 3. The van der Waals surface area contributed by atoms with E-state index in [9.17, 15) is 8.60 Å². The molecule has 6 nitrogen and oxygen atoms in total. The van der Waals surface area contributed by atoms with E-state index in [1.165, 1.54) is 28.0 Å². The lowest BCUT2D eigenvalue weighted by Crippen LogP contribution is -2.50. The van der Waals surface area contributed by atoms with Crippen molar-refractivity contribution in [2.24, 2.45) is 10.7 Å². The summed E-state index contributed by atoms with van der Waals surface area (Å²) >= 11 is 1.27. The highest BCUT2D eigenvalue weighted by Crippen LogP contribution is 2.41. The molecule has 1 aliphatic heterocycles. The van der Waals surface area contributed by atoms with Crippen LogP contribution in [0, 0.1) is 5.82 Å². The number of rotatable bonds is 3. The lowest BCUT2D eigenvalue weighted by molar-refractivity contribution is 0.493. The Hall–Kier alpha value is -2.65. The topological polar surface area (TPSA) is 84.7 Å². The summed E-state index contributed by atoms with van der Waals surface area (Å²) in [6.07, 6.45) is 3.08. The van der Waals surface area contributed by atoms with Crippen molar-refractivity contribution < 1.29 is 13.0 Å². The monoisotopic (exact) mass is 418 g/mol. The van der Waals surface area contributed by atoms with Gasteiger partial charge in [0.1, 0.15) is 17.6 Å². The molecule has 28 heavy (non-hydrogen) atoms. The van der Waals surface area contributed by atoms with Crippen molar-refractivity contribution in [2.75, 3.05) is 12.8 Å². The first-order valence-electron chi connectivity index (χ1n) is 8.44. The van der Waals surface area contributed by atoms with Gasteiger partial charge in [0.25, 0.3) is 0 Å². The summed E-state index contributed by atoms with van der Waals surface area (Å²) in [5, 5.41) is 0. The van der Waals surface area contributed by atoms with Crippen molar-refractivity contribution in [3.05, 3.63) is 53.5 Å². The third kappa shape index (κ3) is 3.10. The van der Waals surface area contributed by atoms with Crippen LogP contribution in [0.2, 0.25) is 0 Å². The van der Waals surface area contributed by atoms with Gasteiger partial charge >= 0.3 is 0 Å². The van der Waals surface area contributed by atoms with Crippen LogP contribution in [-0.4, -0.2) is 38.1 Å². The van der Waals surface area contributed by atoms with Gasteiger partial charge in [0, 0.05) is 17.5 Å². The number of aromatic nitrogens is 1. The van der Waals surface area contributed by atoms with Gasteiger partial charge in [-0.25, -0.2) is 18.6 Å². The third-order valence-electron chi connectivity index (χ3n) is 4.69. The van der Waals surface area contributed by atoms with E-state index in [1.807, 2.05) is 24.3 Å². The summed E-state index contributed by atoms with van der Waals surface area (Å²) in [7, 11) is -1.10. The molecule has 9 heteroatoms. The van der Waals surface area contributed by atoms with Gasteiger partial charge in [-0.2, -0.15) is 0 Å². The minimum atomic E-state index is -2.68. The van der Waals surface area contributed by atoms with E-state index in [4.69, 9.17) is 10.2 Å². The third-order valence-corrected chi connectivity index (χ3v) is 8.30. The number of hydrogen-bond acceptors (Lipinski definition) is 6. The summed E-state index contributed by atoms with van der Waals surface area (Å²) in [4.78, 5) is 9.69. The van der Waals surface area contributed by atoms with Crippen LogP contribution in [0.15, 0.2) is 52.2 Å². The first-order chi connectivity index (χ1) is 13.2. The van der Waals surface area contributed by atoms with Gasteiger partial charge in [-0.05, 0) is 36.6 Å². The van der Waals surface area contributed by atoms with Crippen LogP contribution in [0.3, 0.4) is 0 Å². The lowest BCUT2D eigenvalue weighted by atomic mass is 10.0. The van der Waals surface area contributed by atoms with Gasteiger partial charge in [-0.1, -0.05) is 12.1 Å². The standard InChI is InChI=1S/C19H19FN4O2S2/c1-19(11-28(3,25)24(2)18(21)23-19)16-14(20)10-15(27-16)12-5-4-6-13(9-12)17-22-7-8-26-17/h4-10H,3,11H2,1-2H3,(H2,21,23)/t19-,28?/m0/s1. The minimum absolute atomic E-state index is 0.0877. The Morgan fingerprint density at radius 3 is 2.82 bits per heavy atom. The van der Waals surface area contributed by atoms with Crippen LogP contribution in [0.5, 0.6) is 0 Å². The van der Waals surface area contributed by atoms with Crippen molar-refractivity contribution >= 4 is 32.9 Å². The largest absolute Gasteiger partial charge is 0.445 e. The smallest absolute Gasteiger partial charge is 0.225 e. The van der Waals surface area contributed by atoms with Gasteiger partial charge in [0.05, 0.1) is 26.5 Å².